The van der Waals surface area contributed by atoms with E-state index < -0.39 is 0 Å². The van der Waals surface area contributed by atoms with E-state index in [0.29, 0.717) is 12.6 Å². The summed E-state index contributed by atoms with van der Waals surface area (Å²) in [6.07, 6.45) is 9.62. The molecule has 1 saturated carbocycles. The highest BCUT2D eigenvalue weighted by molar-refractivity contribution is 7.98. The van der Waals surface area contributed by atoms with Gasteiger partial charge in [-0.05, 0) is 36.8 Å². The van der Waals surface area contributed by atoms with Gasteiger partial charge < -0.3 is 4.90 Å². The molecule has 1 aromatic rings. The van der Waals surface area contributed by atoms with Crippen molar-refractivity contribution in [2.75, 3.05) is 12.8 Å². The quantitative estimate of drug-likeness (QED) is 0.684. The van der Waals surface area contributed by atoms with Crippen LogP contribution in [0.25, 0.3) is 0 Å². The van der Waals surface area contributed by atoms with Gasteiger partial charge in [0.2, 0.25) is 5.91 Å². The minimum absolute atomic E-state index is 0.0662. The Bertz CT molecular complexity index is 480. The Labute approximate surface area is 131 Å². The molecule has 0 spiro atoms. The van der Waals surface area contributed by atoms with E-state index in [9.17, 15) is 4.79 Å². The summed E-state index contributed by atoms with van der Waals surface area (Å²) in [6.45, 7) is 0.478. The first-order chi connectivity index (χ1) is 10.3. The summed E-state index contributed by atoms with van der Waals surface area (Å²) in [5.41, 5.74) is 1.21. The van der Waals surface area contributed by atoms with E-state index >= 15 is 0 Å². The minimum Gasteiger partial charge on any atom is -0.319 e. The predicted molar refractivity (Wildman–Crippen MR) is 87.3 cm³/mol. The molecule has 4 heteroatoms. The topological polar surface area (TPSA) is 32.3 Å². The number of rotatable bonds is 3. The molecule has 1 aliphatic heterocycles. The molecule has 1 aliphatic carbocycles. The van der Waals surface area contributed by atoms with Gasteiger partial charge >= 0.3 is 0 Å². The van der Waals surface area contributed by atoms with Crippen molar-refractivity contribution in [1.82, 2.24) is 10.2 Å². The van der Waals surface area contributed by atoms with Gasteiger partial charge in [-0.15, -0.1) is 11.8 Å². The molecule has 1 saturated heterocycles. The number of benzene rings is 1. The van der Waals surface area contributed by atoms with Gasteiger partial charge in [-0.3, -0.25) is 10.1 Å². The lowest BCUT2D eigenvalue weighted by molar-refractivity contribution is -0.130. The van der Waals surface area contributed by atoms with E-state index in [1.54, 1.807) is 11.8 Å². The lowest BCUT2D eigenvalue weighted by Gasteiger charge is -2.32. The molecule has 0 aromatic heterocycles. The van der Waals surface area contributed by atoms with Crippen molar-refractivity contribution < 1.29 is 4.79 Å². The molecule has 1 heterocycles. The van der Waals surface area contributed by atoms with Crippen LogP contribution >= 0.6 is 11.8 Å². The van der Waals surface area contributed by atoms with Gasteiger partial charge in [0.15, 0.2) is 0 Å². The summed E-state index contributed by atoms with van der Waals surface area (Å²) < 4.78 is 0. The zero-order valence-corrected chi connectivity index (χ0v) is 13.5. The summed E-state index contributed by atoms with van der Waals surface area (Å²) in [5.74, 6) is 0.265. The molecule has 1 N–H and O–H groups in total. The third-order valence-electron chi connectivity index (χ3n) is 4.66. The van der Waals surface area contributed by atoms with Crippen LogP contribution in [0.5, 0.6) is 0 Å². The molecule has 2 aliphatic rings. The van der Waals surface area contributed by atoms with Crippen LogP contribution in [0.4, 0.5) is 0 Å². The summed E-state index contributed by atoms with van der Waals surface area (Å²) in [4.78, 5) is 15.7. The van der Waals surface area contributed by atoms with E-state index in [0.717, 1.165) is 12.8 Å². The lowest BCUT2D eigenvalue weighted by Crippen LogP contribution is -2.39. The van der Waals surface area contributed by atoms with Gasteiger partial charge in [0.1, 0.15) is 6.17 Å². The number of nitrogens with one attached hydrogen (secondary N) is 1. The average molecular weight is 304 g/mol. The summed E-state index contributed by atoms with van der Waals surface area (Å²) in [5, 5.41) is 3.40. The normalized spacial score (nSPS) is 24.3. The van der Waals surface area contributed by atoms with Gasteiger partial charge in [0.05, 0.1) is 6.54 Å². The average Bonchev–Trinajstić information content (AvgIpc) is 2.74. The number of amides is 1. The molecule has 3 nitrogen and oxygen atoms in total. The first kappa shape index (κ1) is 14.9. The number of nitrogens with zero attached hydrogens (tertiary/aromatic N) is 1. The fourth-order valence-corrected chi connectivity index (χ4v) is 3.94. The zero-order valence-electron chi connectivity index (χ0n) is 12.7. The first-order valence-corrected chi connectivity index (χ1v) is 9.20. The monoisotopic (exact) mass is 304 g/mol. The molecule has 0 bridgehead atoms. The van der Waals surface area contributed by atoms with E-state index in [4.69, 9.17) is 0 Å². The van der Waals surface area contributed by atoms with Gasteiger partial charge in [-0.25, -0.2) is 0 Å². The van der Waals surface area contributed by atoms with Crippen molar-refractivity contribution in [1.29, 1.82) is 0 Å². The van der Waals surface area contributed by atoms with E-state index in [1.807, 2.05) is 0 Å². The van der Waals surface area contributed by atoms with Gasteiger partial charge in [0, 0.05) is 10.9 Å². The van der Waals surface area contributed by atoms with Crippen LogP contribution in [0.15, 0.2) is 29.2 Å². The van der Waals surface area contributed by atoms with Crippen LogP contribution in [0, 0.1) is 0 Å². The van der Waals surface area contributed by atoms with Crippen molar-refractivity contribution in [2.24, 2.45) is 0 Å². The Kier molecular flexibility index (Phi) is 4.86. The fraction of sp³-hybridized carbons (Fsp3) is 0.588. The van der Waals surface area contributed by atoms with Gasteiger partial charge in [0.25, 0.3) is 0 Å². The van der Waals surface area contributed by atoms with Crippen LogP contribution in [0.3, 0.4) is 0 Å². The van der Waals surface area contributed by atoms with E-state index in [2.05, 4.69) is 40.7 Å². The molecule has 1 unspecified atom stereocenters. The number of hydrogen-bond acceptors (Lipinski definition) is 3. The third kappa shape index (κ3) is 3.27. The highest BCUT2D eigenvalue weighted by Crippen LogP contribution is 2.31. The van der Waals surface area contributed by atoms with Crippen molar-refractivity contribution >= 4 is 17.7 Å². The zero-order chi connectivity index (χ0) is 14.7. The number of carbonyl (C=O) groups is 1. The van der Waals surface area contributed by atoms with Crippen molar-refractivity contribution in [3.63, 3.8) is 0 Å². The largest absolute Gasteiger partial charge is 0.319 e. The Morgan fingerprint density at radius 1 is 1.10 bits per heavy atom. The Morgan fingerprint density at radius 3 is 2.38 bits per heavy atom. The van der Waals surface area contributed by atoms with Crippen molar-refractivity contribution in [3.8, 4) is 0 Å². The van der Waals surface area contributed by atoms with Gasteiger partial charge in [-0.2, -0.15) is 0 Å². The van der Waals surface area contributed by atoms with Crippen LogP contribution in [0.2, 0.25) is 0 Å². The number of hydrogen-bond donors (Lipinski definition) is 1. The second-order valence-corrected chi connectivity index (χ2v) is 6.88. The Balaban J connectivity index is 1.80. The second-order valence-electron chi connectivity index (χ2n) is 6.00. The van der Waals surface area contributed by atoms with Crippen molar-refractivity contribution in [3.05, 3.63) is 29.8 Å². The summed E-state index contributed by atoms with van der Waals surface area (Å²) >= 11 is 1.75. The molecule has 3 rings (SSSR count). The molecule has 1 amide bonds. The summed E-state index contributed by atoms with van der Waals surface area (Å²) in [6, 6.07) is 9.03. The predicted octanol–water partition coefficient (Wildman–Crippen LogP) is 3.56. The summed E-state index contributed by atoms with van der Waals surface area (Å²) in [7, 11) is 0. The minimum atomic E-state index is 0.0662. The molecule has 1 atom stereocenters. The molecule has 21 heavy (non-hydrogen) atoms. The number of carbonyl (C=O) groups excluding carboxylic acids is 1. The van der Waals surface area contributed by atoms with Crippen LogP contribution in [-0.2, 0) is 4.79 Å². The maximum atomic E-state index is 12.4. The van der Waals surface area contributed by atoms with Crippen molar-refractivity contribution in [2.45, 2.75) is 55.6 Å². The lowest BCUT2D eigenvalue weighted by atomic mass is 10.0. The fourth-order valence-electron chi connectivity index (χ4n) is 3.53. The molecule has 2 fully saturated rings. The van der Waals surface area contributed by atoms with Crippen LogP contribution in [-0.4, -0.2) is 29.6 Å². The highest BCUT2D eigenvalue weighted by Gasteiger charge is 2.36. The molecular weight excluding hydrogens is 280 g/mol. The molecule has 0 radical (unpaired) electrons. The maximum Gasteiger partial charge on any atom is 0.238 e. The second kappa shape index (κ2) is 6.84. The Hall–Kier alpha value is -1.00. The third-order valence-corrected chi connectivity index (χ3v) is 5.41. The van der Waals surface area contributed by atoms with E-state index in [1.165, 1.54) is 36.1 Å². The molecular formula is C17H24N2OS. The van der Waals surface area contributed by atoms with Gasteiger partial charge in [-0.1, -0.05) is 37.8 Å². The highest BCUT2D eigenvalue weighted by atomic mass is 32.2. The standard InChI is InChI=1S/C17H24N2OS/c1-21-15-10-8-13(9-11-15)17-18-12-16(20)19(17)14-6-4-2-3-5-7-14/h8-11,14,17-18H,2-7,12H2,1H3. The molecule has 1 aromatic carbocycles. The Morgan fingerprint density at radius 2 is 1.76 bits per heavy atom. The first-order valence-electron chi connectivity index (χ1n) is 7.98. The molecule has 114 valence electrons. The number of thioether (sulfide) groups is 1. The maximum absolute atomic E-state index is 12.4. The van der Waals surface area contributed by atoms with Crippen LogP contribution < -0.4 is 5.32 Å². The SMILES string of the molecule is CSc1ccc(C2NCC(=O)N2C2CCCCCC2)cc1. The van der Waals surface area contributed by atoms with Crippen LogP contribution in [0.1, 0.15) is 50.3 Å². The smallest absolute Gasteiger partial charge is 0.238 e. The van der Waals surface area contributed by atoms with E-state index in [-0.39, 0.29) is 12.1 Å².